The van der Waals surface area contributed by atoms with Crippen LogP contribution in [0.4, 0.5) is 19.4 Å². The van der Waals surface area contributed by atoms with Gasteiger partial charge in [0.25, 0.3) is 0 Å². The molecule has 0 aliphatic carbocycles. The van der Waals surface area contributed by atoms with Gasteiger partial charge in [-0.3, -0.25) is 0 Å². The fraction of sp³-hybridized carbons (Fsp3) is 0.379. The quantitative estimate of drug-likeness (QED) is 0.275. The summed E-state index contributed by atoms with van der Waals surface area (Å²) in [6.07, 6.45) is 8.28. The van der Waals surface area contributed by atoms with Crippen molar-refractivity contribution in [2.24, 2.45) is 5.16 Å². The first-order chi connectivity index (χ1) is 19.8. The van der Waals surface area contributed by atoms with Crippen molar-refractivity contribution in [3.05, 3.63) is 77.4 Å². The average molecular weight is 611 g/mol. The van der Waals surface area contributed by atoms with E-state index in [9.17, 15) is 19.4 Å². The first-order valence-corrected chi connectivity index (χ1v) is 15.6. The molecular formula is C29H31F5N4O3S. The molecule has 13 heteroatoms. The fourth-order valence-corrected chi connectivity index (χ4v) is 6.68. The number of halogens is 5. The summed E-state index contributed by atoms with van der Waals surface area (Å²) in [5, 5.41) is 4.53. The van der Waals surface area contributed by atoms with E-state index in [2.05, 4.69) is 10.1 Å². The van der Waals surface area contributed by atoms with E-state index >= 15 is 0 Å². The molecular weight excluding hydrogens is 579 g/mol. The third-order valence-corrected chi connectivity index (χ3v) is 9.10. The number of amidine groups is 1. The summed E-state index contributed by atoms with van der Waals surface area (Å²) < 4.78 is 80.7. The molecule has 0 N–H and O–H groups in total. The van der Waals surface area contributed by atoms with Crippen LogP contribution >= 0.6 is 10.2 Å². The lowest BCUT2D eigenvalue weighted by Gasteiger charge is -2.51. The Morgan fingerprint density at radius 1 is 1.07 bits per heavy atom. The average Bonchev–Trinajstić information content (AvgIpc) is 3.38. The standard InChI is InChI=1S/C29H31F5N4O3S/c1-20-17-37(19-35-20)25-11-6-21(16-26(25)39-2)15-23-5-3-13-38-27(29(41-36-28(23)38)12-4-14-40-18-29)22-7-9-24(10-8-22)42(30,31,32,33)34/h6-11,15-17,19,27H,3-5,12-14,18H2,1-2H3/b23-15+/t27-,29?/m0/s1. The fourth-order valence-electron chi connectivity index (χ4n) is 6.03. The Morgan fingerprint density at radius 2 is 1.86 bits per heavy atom. The molecule has 1 spiro atoms. The van der Waals surface area contributed by atoms with E-state index in [0.717, 1.165) is 41.1 Å². The van der Waals surface area contributed by atoms with Gasteiger partial charge in [0.2, 0.25) is 0 Å². The van der Waals surface area contributed by atoms with Crippen molar-refractivity contribution in [3.8, 4) is 11.4 Å². The SMILES string of the molecule is COc1cc(/C=C2\CCCN3C2=NOC2(CCCOC2)[C@@H]3c2ccc(S(F)(F)(F)(F)F)cc2)ccc1-n1cnc(C)c1. The maximum atomic E-state index is 13.5. The van der Waals surface area contributed by atoms with E-state index < -0.39 is 26.8 Å². The summed E-state index contributed by atoms with van der Waals surface area (Å²) in [5.41, 5.74) is 2.92. The molecule has 3 aliphatic rings. The van der Waals surface area contributed by atoms with Crippen molar-refractivity contribution >= 4 is 22.1 Å². The minimum atomic E-state index is -9.81. The van der Waals surface area contributed by atoms with E-state index in [1.54, 1.807) is 13.4 Å². The highest BCUT2D eigenvalue weighted by Crippen LogP contribution is 3.02. The topological polar surface area (TPSA) is 61.1 Å². The first kappa shape index (κ1) is 28.5. The molecule has 0 saturated carbocycles. The maximum Gasteiger partial charge on any atom is 0.310 e. The number of hydrogen-bond acceptors (Lipinski definition) is 6. The highest BCUT2D eigenvalue weighted by molar-refractivity contribution is 8.45. The first-order valence-electron chi connectivity index (χ1n) is 13.6. The molecule has 1 aromatic heterocycles. The molecule has 7 nitrogen and oxygen atoms in total. The lowest BCUT2D eigenvalue weighted by atomic mass is 9.81. The van der Waals surface area contributed by atoms with Crippen LogP contribution in [-0.4, -0.2) is 52.8 Å². The number of benzene rings is 2. The number of fused-ring (bicyclic) bond motifs is 1. The Kier molecular flexibility index (Phi) is 6.43. The summed E-state index contributed by atoms with van der Waals surface area (Å²) in [6, 6.07) is 8.40. The molecule has 6 rings (SSSR count). The highest BCUT2D eigenvalue weighted by Gasteiger charge is 2.65. The Labute approximate surface area is 240 Å². The predicted octanol–water partition coefficient (Wildman–Crippen LogP) is 7.96. The van der Waals surface area contributed by atoms with Crippen molar-refractivity contribution < 1.29 is 33.7 Å². The number of imidazole rings is 1. The van der Waals surface area contributed by atoms with Gasteiger partial charge in [0.1, 0.15) is 16.7 Å². The van der Waals surface area contributed by atoms with Gasteiger partial charge >= 0.3 is 10.2 Å². The third-order valence-electron chi connectivity index (χ3n) is 7.94. The predicted molar refractivity (Wildman–Crippen MR) is 151 cm³/mol. The number of hydrogen-bond donors (Lipinski definition) is 0. The van der Waals surface area contributed by atoms with Crippen molar-refractivity contribution in [2.45, 2.75) is 49.1 Å². The molecule has 0 amide bonds. The van der Waals surface area contributed by atoms with Crippen LogP contribution in [-0.2, 0) is 9.57 Å². The van der Waals surface area contributed by atoms with Crippen LogP contribution in [0, 0.1) is 6.92 Å². The molecule has 0 bridgehead atoms. The summed E-state index contributed by atoms with van der Waals surface area (Å²) in [4.78, 5) is 10.5. The van der Waals surface area contributed by atoms with Gasteiger partial charge in [-0.05, 0) is 79.6 Å². The molecule has 0 radical (unpaired) electrons. The van der Waals surface area contributed by atoms with Crippen LogP contribution in [0.2, 0.25) is 0 Å². The van der Waals surface area contributed by atoms with Crippen molar-refractivity contribution in [3.63, 3.8) is 0 Å². The monoisotopic (exact) mass is 610 g/mol. The van der Waals surface area contributed by atoms with E-state index in [1.165, 1.54) is 0 Å². The van der Waals surface area contributed by atoms with E-state index in [0.29, 0.717) is 61.7 Å². The smallest absolute Gasteiger partial charge is 0.310 e. The second-order valence-corrected chi connectivity index (χ2v) is 13.4. The van der Waals surface area contributed by atoms with E-state index in [-0.39, 0.29) is 6.61 Å². The number of ether oxygens (including phenoxy) is 2. The van der Waals surface area contributed by atoms with Crippen molar-refractivity contribution in [1.82, 2.24) is 14.5 Å². The van der Waals surface area contributed by atoms with E-state index in [4.69, 9.17) is 14.3 Å². The third kappa shape index (κ3) is 5.35. The van der Waals surface area contributed by atoms with Gasteiger partial charge < -0.3 is 23.8 Å². The van der Waals surface area contributed by atoms with Crippen LogP contribution in [0.25, 0.3) is 11.8 Å². The Hall–Kier alpha value is -3.58. The lowest BCUT2D eigenvalue weighted by molar-refractivity contribution is -0.174. The number of aromatic nitrogens is 2. The zero-order chi connectivity index (χ0) is 29.8. The van der Waals surface area contributed by atoms with Crippen molar-refractivity contribution in [1.29, 1.82) is 0 Å². The van der Waals surface area contributed by atoms with Gasteiger partial charge in [-0.2, -0.15) is 0 Å². The zero-order valence-corrected chi connectivity index (χ0v) is 23.9. The maximum absolute atomic E-state index is 13.5. The number of methoxy groups -OCH3 is 1. The molecule has 2 fully saturated rings. The molecule has 2 aromatic carbocycles. The minimum absolute atomic E-state index is 0.180. The second-order valence-electron chi connectivity index (χ2n) is 11.0. The molecule has 2 saturated heterocycles. The molecule has 226 valence electrons. The van der Waals surface area contributed by atoms with Crippen LogP contribution < -0.4 is 4.74 Å². The zero-order valence-electron chi connectivity index (χ0n) is 23.1. The summed E-state index contributed by atoms with van der Waals surface area (Å²) in [5.74, 6) is 1.21. The Morgan fingerprint density at radius 3 is 2.50 bits per heavy atom. The molecule has 3 aromatic rings. The van der Waals surface area contributed by atoms with Gasteiger partial charge in [0.15, 0.2) is 11.4 Å². The van der Waals surface area contributed by atoms with Crippen molar-refractivity contribution in [2.75, 3.05) is 26.9 Å². The number of aryl methyl sites for hydroxylation is 1. The molecule has 1 unspecified atom stereocenters. The molecule has 42 heavy (non-hydrogen) atoms. The molecule has 4 heterocycles. The molecule has 3 aliphatic heterocycles. The van der Waals surface area contributed by atoms with E-state index in [1.807, 2.05) is 46.9 Å². The Bertz CT molecular complexity index is 1570. The second kappa shape index (κ2) is 9.46. The summed E-state index contributed by atoms with van der Waals surface area (Å²) in [6.45, 7) is 3.18. The van der Waals surface area contributed by atoms with Crippen LogP contribution in [0.1, 0.15) is 48.5 Å². The summed E-state index contributed by atoms with van der Waals surface area (Å²) in [7, 11) is -8.22. The normalized spacial score (nSPS) is 25.3. The summed E-state index contributed by atoms with van der Waals surface area (Å²) >= 11 is 0. The highest BCUT2D eigenvalue weighted by atomic mass is 32.5. The van der Waals surface area contributed by atoms with Gasteiger partial charge in [-0.15, -0.1) is 0 Å². The number of piperidine rings is 1. The van der Waals surface area contributed by atoms with Crippen LogP contribution in [0.15, 0.2) is 70.6 Å². The van der Waals surface area contributed by atoms with Gasteiger partial charge in [-0.1, -0.05) is 42.8 Å². The number of oxime groups is 1. The Balaban J connectivity index is 1.37. The van der Waals surface area contributed by atoms with Crippen LogP contribution in [0.5, 0.6) is 5.75 Å². The van der Waals surface area contributed by atoms with Gasteiger partial charge in [0.05, 0.1) is 31.4 Å². The van der Waals surface area contributed by atoms with Gasteiger partial charge in [-0.25, -0.2) is 4.98 Å². The van der Waals surface area contributed by atoms with Crippen LogP contribution in [0.3, 0.4) is 0 Å². The number of nitrogens with zero attached hydrogens (tertiary/aromatic N) is 4. The largest absolute Gasteiger partial charge is 0.495 e. The van der Waals surface area contributed by atoms with Gasteiger partial charge in [0, 0.05) is 19.3 Å². The number of rotatable bonds is 5. The minimum Gasteiger partial charge on any atom is -0.495 e. The lowest BCUT2D eigenvalue weighted by Crippen LogP contribution is -2.58. The molecule has 2 atom stereocenters.